The molecule has 0 N–H and O–H groups in total. The zero-order valence-corrected chi connectivity index (χ0v) is 33.7. The maximum Gasteiger partial charge on any atom is 0.0640 e. The molecule has 0 saturated carbocycles. The summed E-state index contributed by atoms with van der Waals surface area (Å²) in [6, 6.07) is 57.5. The number of para-hydroxylation sites is 2. The first-order valence-electron chi connectivity index (χ1n) is 22.9. The van der Waals surface area contributed by atoms with Crippen LogP contribution in [0.4, 0.5) is 0 Å². The van der Waals surface area contributed by atoms with Crippen molar-refractivity contribution < 1.29 is 6.85 Å². The third kappa shape index (κ3) is 4.64. The van der Waals surface area contributed by atoms with Crippen LogP contribution in [0.2, 0.25) is 0 Å². The quantitative estimate of drug-likeness (QED) is 0.168. The first-order chi connectivity index (χ1) is 31.6. The SMILES string of the molecule is [2H]c1c([2H])c([2H])c(-c2cccc3c2-c2cc(-n4c5ccccc5c5cc(-c6ccc7c(c6)c6ccccc6n7-c6cccc7c6sc6ccccc67)ccc54)ccc2C3(C)C)c([2H])c1[2H]. The Labute approximate surface area is 358 Å². The van der Waals surface area contributed by atoms with Crippen LogP contribution < -0.4 is 0 Å². The van der Waals surface area contributed by atoms with Gasteiger partial charge < -0.3 is 9.13 Å². The van der Waals surface area contributed by atoms with Gasteiger partial charge in [0.05, 0.1) is 39.3 Å². The predicted octanol–water partition coefficient (Wildman–Crippen LogP) is 15.9. The lowest BCUT2D eigenvalue weighted by molar-refractivity contribution is 0.660. The van der Waals surface area contributed by atoms with E-state index in [4.69, 9.17) is 6.85 Å². The number of rotatable bonds is 4. The van der Waals surface area contributed by atoms with Crippen molar-refractivity contribution in [3.63, 3.8) is 0 Å². The molecule has 3 heteroatoms. The third-order valence-corrected chi connectivity index (χ3v) is 14.2. The summed E-state index contributed by atoms with van der Waals surface area (Å²) in [4.78, 5) is 0. The first kappa shape index (κ1) is 29.1. The molecule has 0 unspecified atom stereocenters. The number of benzene rings is 9. The van der Waals surface area contributed by atoms with Crippen LogP contribution in [-0.2, 0) is 5.41 Å². The van der Waals surface area contributed by atoms with E-state index in [0.717, 1.165) is 60.9 Å². The largest absolute Gasteiger partial charge is 0.309 e. The molecule has 282 valence electrons. The maximum absolute atomic E-state index is 8.91. The van der Waals surface area contributed by atoms with Crippen molar-refractivity contribution >= 4 is 75.1 Å². The van der Waals surface area contributed by atoms with Gasteiger partial charge in [0.2, 0.25) is 0 Å². The van der Waals surface area contributed by atoms with Crippen molar-refractivity contribution in [2.45, 2.75) is 19.3 Å². The highest BCUT2D eigenvalue weighted by molar-refractivity contribution is 7.26. The average molecular weight is 788 g/mol. The van der Waals surface area contributed by atoms with Gasteiger partial charge >= 0.3 is 0 Å². The monoisotopic (exact) mass is 787 g/mol. The van der Waals surface area contributed by atoms with Gasteiger partial charge in [0.15, 0.2) is 0 Å². The zero-order valence-electron chi connectivity index (χ0n) is 37.9. The average Bonchev–Trinajstić information content (AvgIpc) is 4.05. The Morgan fingerprint density at radius 2 is 1.07 bits per heavy atom. The Bertz CT molecular complexity index is 4030. The van der Waals surface area contributed by atoms with Crippen LogP contribution in [0.25, 0.3) is 109 Å². The molecule has 0 amide bonds. The van der Waals surface area contributed by atoms with Crippen molar-refractivity contribution in [3.8, 4) is 44.8 Å². The lowest BCUT2D eigenvalue weighted by Gasteiger charge is -2.22. The molecule has 0 saturated heterocycles. The number of hydrogen-bond donors (Lipinski definition) is 0. The van der Waals surface area contributed by atoms with Crippen LogP contribution in [0.3, 0.4) is 0 Å². The summed E-state index contributed by atoms with van der Waals surface area (Å²) in [6.07, 6.45) is 0. The van der Waals surface area contributed by atoms with E-state index in [2.05, 4.69) is 175 Å². The van der Waals surface area contributed by atoms with E-state index in [1.165, 1.54) is 47.7 Å². The van der Waals surface area contributed by atoms with Crippen LogP contribution in [0.15, 0.2) is 194 Å². The molecule has 0 radical (unpaired) electrons. The lowest BCUT2D eigenvalue weighted by Crippen LogP contribution is -2.15. The fourth-order valence-corrected chi connectivity index (χ4v) is 11.5. The van der Waals surface area contributed by atoms with Gasteiger partial charge in [-0.25, -0.2) is 0 Å². The van der Waals surface area contributed by atoms with Gasteiger partial charge in [0.25, 0.3) is 0 Å². The first-order valence-corrected chi connectivity index (χ1v) is 21.3. The highest BCUT2D eigenvalue weighted by Gasteiger charge is 2.37. The molecule has 1 aliphatic rings. The molecule has 0 aliphatic heterocycles. The fraction of sp³-hybridized carbons (Fsp3) is 0.0526. The van der Waals surface area contributed by atoms with Gasteiger partial charge in [-0.1, -0.05) is 147 Å². The molecule has 60 heavy (non-hydrogen) atoms. The summed E-state index contributed by atoms with van der Waals surface area (Å²) in [5.74, 6) is 0. The normalized spacial score (nSPS) is 14.5. The molecule has 13 rings (SSSR count). The molecule has 12 aromatic rings. The number of thiophene rings is 1. The van der Waals surface area contributed by atoms with Gasteiger partial charge in [0.1, 0.15) is 0 Å². The van der Waals surface area contributed by atoms with Crippen LogP contribution in [0.5, 0.6) is 0 Å². The van der Waals surface area contributed by atoms with Crippen LogP contribution in [0.1, 0.15) is 31.8 Å². The van der Waals surface area contributed by atoms with Gasteiger partial charge in [0, 0.05) is 48.1 Å². The smallest absolute Gasteiger partial charge is 0.0640 e. The third-order valence-electron chi connectivity index (χ3n) is 13.0. The van der Waals surface area contributed by atoms with Gasteiger partial charge in [-0.05, 0) is 105 Å². The Morgan fingerprint density at radius 1 is 0.450 bits per heavy atom. The minimum absolute atomic E-state index is 0.195. The van der Waals surface area contributed by atoms with Crippen molar-refractivity contribution in [3.05, 3.63) is 205 Å². The molecule has 2 nitrogen and oxygen atoms in total. The molecule has 1 aliphatic carbocycles. The van der Waals surface area contributed by atoms with Crippen molar-refractivity contribution in [2.75, 3.05) is 0 Å². The molecule has 0 bridgehead atoms. The second kappa shape index (κ2) is 12.4. The molecular weight excluding hydrogens is 745 g/mol. The molecule has 0 spiro atoms. The summed E-state index contributed by atoms with van der Waals surface area (Å²) in [5, 5.41) is 7.31. The summed E-state index contributed by atoms with van der Waals surface area (Å²) >= 11 is 1.86. The van der Waals surface area contributed by atoms with Gasteiger partial charge in [-0.3, -0.25) is 0 Å². The zero-order chi connectivity index (χ0) is 44.0. The number of nitrogens with zero attached hydrogens (tertiary/aromatic N) is 2. The van der Waals surface area contributed by atoms with Crippen molar-refractivity contribution in [1.29, 1.82) is 0 Å². The van der Waals surface area contributed by atoms with E-state index in [1.54, 1.807) is 0 Å². The summed E-state index contributed by atoms with van der Waals surface area (Å²) in [7, 11) is 0. The fourth-order valence-electron chi connectivity index (χ4n) is 10.3. The molecule has 0 fully saturated rings. The number of aromatic nitrogens is 2. The Hall–Kier alpha value is -7.20. The highest BCUT2D eigenvalue weighted by atomic mass is 32.1. The molecular formula is C57H38N2S. The highest BCUT2D eigenvalue weighted by Crippen LogP contribution is 2.53. The predicted molar refractivity (Wildman–Crippen MR) is 256 cm³/mol. The summed E-state index contributed by atoms with van der Waals surface area (Å²) in [5.41, 5.74) is 13.6. The van der Waals surface area contributed by atoms with Crippen LogP contribution >= 0.6 is 11.3 Å². The summed E-state index contributed by atoms with van der Waals surface area (Å²) in [6.45, 7) is 4.40. The Kier molecular flexibility index (Phi) is 6.01. The van der Waals surface area contributed by atoms with Crippen LogP contribution in [-0.4, -0.2) is 9.13 Å². The maximum atomic E-state index is 8.91. The number of fused-ring (bicyclic) bond motifs is 12. The van der Waals surface area contributed by atoms with E-state index in [1.807, 2.05) is 23.5 Å². The minimum atomic E-state index is -0.390. The lowest BCUT2D eigenvalue weighted by atomic mass is 9.82. The Morgan fingerprint density at radius 3 is 1.82 bits per heavy atom. The second-order valence-electron chi connectivity index (χ2n) is 16.5. The molecule has 3 heterocycles. The van der Waals surface area contributed by atoms with E-state index in [9.17, 15) is 0 Å². The van der Waals surface area contributed by atoms with Gasteiger partial charge in [-0.15, -0.1) is 11.3 Å². The van der Waals surface area contributed by atoms with Crippen LogP contribution in [0, 0.1) is 0 Å². The standard InChI is InChI=1S/C57H38N2S/c1-57(2)47-29-28-38(34-46(47)55-39(19-12-21-48(55)57)35-14-4-3-5-15-35)58-49-22-9-6-16-40(49)44-32-36(26-30-51(44)58)37-27-31-52-45(33-37)41-17-7-10-23-50(41)59(52)53-24-13-20-43-42-18-8-11-25-54(42)60-56(43)53/h3-34H,1-2H3/i3D,4D,5D,14D,15D. The van der Waals surface area contributed by atoms with Crippen molar-refractivity contribution in [2.24, 2.45) is 0 Å². The molecule has 9 aromatic carbocycles. The van der Waals surface area contributed by atoms with Gasteiger partial charge in [-0.2, -0.15) is 0 Å². The van der Waals surface area contributed by atoms with Crippen molar-refractivity contribution in [1.82, 2.24) is 9.13 Å². The minimum Gasteiger partial charge on any atom is -0.309 e. The topological polar surface area (TPSA) is 9.86 Å². The summed E-state index contributed by atoms with van der Waals surface area (Å²) < 4.78 is 50.4. The molecule has 3 aromatic heterocycles. The second-order valence-corrected chi connectivity index (χ2v) is 17.6. The molecule has 0 atom stereocenters. The van der Waals surface area contributed by atoms with E-state index in [-0.39, 0.29) is 41.2 Å². The van der Waals surface area contributed by atoms with E-state index >= 15 is 0 Å². The van der Waals surface area contributed by atoms with E-state index in [0.29, 0.717) is 5.56 Å². The van der Waals surface area contributed by atoms with E-state index < -0.39 is 0 Å². The Balaban J connectivity index is 0.973. The number of hydrogen-bond acceptors (Lipinski definition) is 1.